The van der Waals surface area contributed by atoms with Gasteiger partial charge < -0.3 is 35.5 Å². The van der Waals surface area contributed by atoms with Crippen molar-refractivity contribution < 1.29 is 39.2 Å². The zero-order valence-electron chi connectivity index (χ0n) is 14.8. The van der Waals surface area contributed by atoms with Gasteiger partial charge in [0.2, 0.25) is 0 Å². The van der Waals surface area contributed by atoms with Gasteiger partial charge in [-0.1, -0.05) is 0 Å². The molecule has 0 fully saturated rings. The van der Waals surface area contributed by atoms with Gasteiger partial charge in [-0.2, -0.15) is 0 Å². The number of rotatable bonds is 8. The molecule has 0 saturated heterocycles. The van der Waals surface area contributed by atoms with E-state index < -0.39 is 52.6 Å². The lowest BCUT2D eigenvalue weighted by Crippen LogP contribution is -2.24. The molecule has 0 amide bonds. The Labute approximate surface area is 170 Å². The number of hydrogen-bond donors (Lipinski definition) is 5. The Kier molecular flexibility index (Phi) is 6.49. The van der Waals surface area contributed by atoms with Crippen molar-refractivity contribution in [2.75, 3.05) is 18.9 Å². The first-order valence-electron chi connectivity index (χ1n) is 7.92. The molecule has 2 aromatic rings. The Hall–Kier alpha value is -3.54. The molecule has 2 rings (SSSR count). The number of aliphatic carboxylic acids is 1. The number of pyridine rings is 1. The van der Waals surface area contributed by atoms with Crippen LogP contribution in [0, 0.1) is 0 Å². The first kappa shape index (κ1) is 21.8. The van der Waals surface area contributed by atoms with E-state index in [2.05, 4.69) is 15.9 Å². The van der Waals surface area contributed by atoms with Crippen LogP contribution in [0.4, 0.5) is 5.82 Å². The molecule has 0 aliphatic heterocycles. The van der Waals surface area contributed by atoms with Crippen LogP contribution in [-0.4, -0.2) is 51.4 Å². The number of anilines is 1. The maximum atomic E-state index is 12.1. The average Bonchev–Trinajstić information content (AvgIpc) is 2.59. The minimum atomic E-state index is -1.66. The second-order valence-electron chi connectivity index (χ2n) is 5.50. The Morgan fingerprint density at radius 3 is 2.24 bits per heavy atom. The number of carbonyl (C=O) groups is 3. The molecule has 1 aromatic heterocycles. The summed E-state index contributed by atoms with van der Waals surface area (Å²) in [6.45, 7) is 1.09. The SMILES string of the molecule is CCOc1cc(-c2c(C(=O)O)c(N)[nH]c(=O)c2C(=O)O)cc(Br)c1OCC(=O)O. The lowest BCUT2D eigenvalue weighted by Gasteiger charge is -2.17. The van der Waals surface area contributed by atoms with E-state index in [1.54, 1.807) is 6.92 Å². The van der Waals surface area contributed by atoms with Crippen molar-refractivity contribution in [1.29, 1.82) is 0 Å². The predicted molar refractivity (Wildman–Crippen MR) is 103 cm³/mol. The normalized spacial score (nSPS) is 10.4. The van der Waals surface area contributed by atoms with Crippen LogP contribution in [0.3, 0.4) is 0 Å². The minimum absolute atomic E-state index is 0.00422. The van der Waals surface area contributed by atoms with Crippen LogP contribution in [-0.2, 0) is 4.79 Å². The smallest absolute Gasteiger partial charge is 0.342 e. The van der Waals surface area contributed by atoms with Crippen LogP contribution in [0.2, 0.25) is 0 Å². The van der Waals surface area contributed by atoms with Gasteiger partial charge in [0.05, 0.1) is 11.1 Å². The maximum Gasteiger partial charge on any atom is 0.342 e. The summed E-state index contributed by atoms with van der Waals surface area (Å²) in [4.78, 5) is 48.3. The molecule has 0 bridgehead atoms. The van der Waals surface area contributed by atoms with E-state index in [9.17, 15) is 29.4 Å². The molecular formula is C17H15BrN2O9. The van der Waals surface area contributed by atoms with Gasteiger partial charge in [-0.3, -0.25) is 4.79 Å². The fourth-order valence-electron chi connectivity index (χ4n) is 2.58. The van der Waals surface area contributed by atoms with Crippen molar-refractivity contribution in [1.82, 2.24) is 4.98 Å². The van der Waals surface area contributed by atoms with E-state index in [4.69, 9.17) is 20.3 Å². The summed E-state index contributed by atoms with van der Waals surface area (Å²) in [5.74, 6) is -4.98. The fraction of sp³-hybridized carbons (Fsp3) is 0.176. The van der Waals surface area contributed by atoms with Crippen LogP contribution >= 0.6 is 15.9 Å². The Morgan fingerprint density at radius 1 is 1.10 bits per heavy atom. The number of benzene rings is 1. The largest absolute Gasteiger partial charge is 0.490 e. The van der Waals surface area contributed by atoms with Crippen LogP contribution < -0.4 is 20.8 Å². The summed E-state index contributed by atoms with van der Waals surface area (Å²) >= 11 is 3.17. The number of H-pyrrole nitrogens is 1. The molecule has 0 aliphatic carbocycles. The standard InChI is InChI=1S/C17H15BrN2O9/c1-2-28-8-4-6(3-7(18)13(8)29-5-9(21)22)10-11(16(24)25)14(19)20-15(23)12(10)17(26)27/h3-4H,2,5H2,1H3,(H,21,22)(H,24,25)(H,26,27)(H3,19,20,23). The van der Waals surface area contributed by atoms with E-state index in [-0.39, 0.29) is 28.1 Å². The van der Waals surface area contributed by atoms with Crippen molar-refractivity contribution in [3.8, 4) is 22.6 Å². The molecular weight excluding hydrogens is 456 g/mol. The van der Waals surface area contributed by atoms with Crippen LogP contribution in [0.25, 0.3) is 11.1 Å². The third-order valence-corrected chi connectivity index (χ3v) is 4.20. The molecule has 11 nitrogen and oxygen atoms in total. The summed E-state index contributed by atoms with van der Waals surface area (Å²) in [5.41, 5.74) is 2.63. The van der Waals surface area contributed by atoms with Gasteiger partial charge in [-0.05, 0) is 40.5 Å². The highest BCUT2D eigenvalue weighted by Gasteiger charge is 2.28. The van der Waals surface area contributed by atoms with E-state index in [1.165, 1.54) is 12.1 Å². The fourth-order valence-corrected chi connectivity index (χ4v) is 3.14. The first-order valence-corrected chi connectivity index (χ1v) is 8.71. The molecule has 0 spiro atoms. The zero-order chi connectivity index (χ0) is 21.9. The van der Waals surface area contributed by atoms with Crippen molar-refractivity contribution in [2.24, 2.45) is 0 Å². The number of carboxylic acid groups (broad SMARTS) is 3. The second kappa shape index (κ2) is 8.65. The van der Waals surface area contributed by atoms with Gasteiger partial charge in [-0.25, -0.2) is 14.4 Å². The van der Waals surface area contributed by atoms with Crippen LogP contribution in [0.1, 0.15) is 27.6 Å². The molecule has 0 unspecified atom stereocenters. The van der Waals surface area contributed by atoms with Gasteiger partial charge in [0.25, 0.3) is 5.56 Å². The van der Waals surface area contributed by atoms with E-state index in [0.29, 0.717) is 0 Å². The predicted octanol–water partition coefficient (Wildman–Crippen LogP) is 1.65. The lowest BCUT2D eigenvalue weighted by molar-refractivity contribution is -0.139. The summed E-state index contributed by atoms with van der Waals surface area (Å²) in [5, 5.41) is 27.8. The van der Waals surface area contributed by atoms with Gasteiger partial charge >= 0.3 is 17.9 Å². The molecule has 0 radical (unpaired) electrons. The molecule has 154 valence electrons. The number of aromatic carboxylic acids is 2. The molecule has 1 heterocycles. The summed E-state index contributed by atoms with van der Waals surface area (Å²) in [6.07, 6.45) is 0. The van der Waals surface area contributed by atoms with Crippen LogP contribution in [0.5, 0.6) is 11.5 Å². The molecule has 0 aliphatic rings. The molecule has 12 heteroatoms. The summed E-state index contributed by atoms with van der Waals surface area (Å²) in [7, 11) is 0. The van der Waals surface area contributed by atoms with Gasteiger partial charge in [-0.15, -0.1) is 0 Å². The third kappa shape index (κ3) is 4.48. The molecule has 29 heavy (non-hydrogen) atoms. The minimum Gasteiger partial charge on any atom is -0.490 e. The summed E-state index contributed by atoms with van der Waals surface area (Å²) in [6, 6.07) is 2.51. The maximum absolute atomic E-state index is 12.1. The van der Waals surface area contributed by atoms with Crippen molar-refractivity contribution >= 4 is 39.7 Å². The highest BCUT2D eigenvalue weighted by Crippen LogP contribution is 2.41. The highest BCUT2D eigenvalue weighted by atomic mass is 79.9. The first-order chi connectivity index (χ1) is 13.6. The Bertz CT molecular complexity index is 1060. The van der Waals surface area contributed by atoms with E-state index >= 15 is 0 Å². The number of aromatic amines is 1. The van der Waals surface area contributed by atoms with Crippen molar-refractivity contribution in [3.63, 3.8) is 0 Å². The average molecular weight is 471 g/mol. The number of nitrogens with one attached hydrogen (secondary N) is 1. The molecule has 0 saturated carbocycles. The van der Waals surface area contributed by atoms with Crippen molar-refractivity contribution in [2.45, 2.75) is 6.92 Å². The van der Waals surface area contributed by atoms with E-state index in [1.807, 2.05) is 4.98 Å². The van der Waals surface area contributed by atoms with Gasteiger partial charge in [0.15, 0.2) is 18.1 Å². The zero-order valence-corrected chi connectivity index (χ0v) is 16.4. The van der Waals surface area contributed by atoms with Crippen LogP contribution in [0.15, 0.2) is 21.4 Å². The van der Waals surface area contributed by atoms with Gasteiger partial charge in [0, 0.05) is 5.56 Å². The Morgan fingerprint density at radius 2 is 1.72 bits per heavy atom. The Balaban J connectivity index is 2.87. The molecule has 0 atom stereocenters. The second-order valence-corrected chi connectivity index (χ2v) is 6.36. The number of hydrogen-bond acceptors (Lipinski definition) is 7. The van der Waals surface area contributed by atoms with Crippen molar-refractivity contribution in [3.05, 3.63) is 38.1 Å². The molecule has 1 aromatic carbocycles. The monoisotopic (exact) mass is 470 g/mol. The third-order valence-electron chi connectivity index (χ3n) is 3.61. The lowest BCUT2D eigenvalue weighted by atomic mass is 9.95. The number of ether oxygens (including phenoxy) is 2. The number of carboxylic acids is 3. The quantitative estimate of drug-likeness (QED) is 0.378. The number of nitrogens with two attached hydrogens (primary N) is 1. The molecule has 6 N–H and O–H groups in total. The van der Waals surface area contributed by atoms with Gasteiger partial charge in [0.1, 0.15) is 16.9 Å². The van der Waals surface area contributed by atoms with E-state index in [0.717, 1.165) is 0 Å². The topological polar surface area (TPSA) is 189 Å². The number of halogens is 1. The number of aromatic nitrogens is 1. The number of nitrogen functional groups attached to an aromatic ring is 1. The highest BCUT2D eigenvalue weighted by molar-refractivity contribution is 9.10. The summed E-state index contributed by atoms with van der Waals surface area (Å²) < 4.78 is 10.7.